The van der Waals surface area contributed by atoms with Gasteiger partial charge in [-0.1, -0.05) is 18.2 Å². The molecule has 17 heavy (non-hydrogen) atoms. The van der Waals surface area contributed by atoms with Gasteiger partial charge in [-0.2, -0.15) is 0 Å². The van der Waals surface area contributed by atoms with Crippen LogP contribution >= 0.6 is 0 Å². The smallest absolute Gasteiger partial charge is 0.126 e. The summed E-state index contributed by atoms with van der Waals surface area (Å²) in [7, 11) is 0. The molecule has 0 aliphatic carbocycles. The minimum absolute atomic E-state index is 0.0637. The molecule has 0 fully saturated rings. The highest BCUT2D eigenvalue weighted by Gasteiger charge is 1.96. The van der Waals surface area contributed by atoms with E-state index in [1.54, 1.807) is 0 Å². The molecule has 0 radical (unpaired) electrons. The van der Waals surface area contributed by atoms with E-state index in [0.717, 1.165) is 16.7 Å². The van der Waals surface area contributed by atoms with Crippen LogP contribution in [-0.4, -0.2) is 36.5 Å². The van der Waals surface area contributed by atoms with Crippen LogP contribution in [0.1, 0.15) is 0 Å². The topological polar surface area (TPSA) is 54.4 Å². The molecule has 0 saturated carbocycles. The van der Waals surface area contributed by atoms with Crippen molar-refractivity contribution in [2.45, 2.75) is 0 Å². The summed E-state index contributed by atoms with van der Waals surface area (Å²) in [6.07, 6.45) is 0. The zero-order valence-electron chi connectivity index (χ0n) is 9.60. The maximum absolute atomic E-state index is 8.54. The Hall–Kier alpha value is -1.65. The molecule has 0 spiro atoms. The van der Waals surface area contributed by atoms with Crippen LogP contribution < -0.4 is 5.32 Å². The second kappa shape index (κ2) is 6.18. The van der Waals surface area contributed by atoms with Crippen LogP contribution in [0.15, 0.2) is 36.4 Å². The highest BCUT2D eigenvalue weighted by Crippen LogP contribution is 2.13. The number of aromatic nitrogens is 1. The van der Waals surface area contributed by atoms with Gasteiger partial charge in [-0.05, 0) is 18.2 Å². The van der Waals surface area contributed by atoms with Gasteiger partial charge in [0.1, 0.15) is 5.82 Å². The normalized spacial score (nSPS) is 10.6. The van der Waals surface area contributed by atoms with Crippen LogP contribution in [0.25, 0.3) is 10.9 Å². The van der Waals surface area contributed by atoms with Gasteiger partial charge in [-0.3, -0.25) is 0 Å². The minimum atomic E-state index is 0.0637. The van der Waals surface area contributed by atoms with Crippen LogP contribution in [0.3, 0.4) is 0 Å². The Balaban J connectivity index is 1.90. The van der Waals surface area contributed by atoms with Gasteiger partial charge in [0.15, 0.2) is 0 Å². The molecule has 0 aliphatic heterocycles. The molecule has 2 N–H and O–H groups in total. The summed E-state index contributed by atoms with van der Waals surface area (Å²) in [6.45, 7) is 1.70. The lowest BCUT2D eigenvalue weighted by Crippen LogP contribution is -2.11. The van der Waals surface area contributed by atoms with E-state index in [9.17, 15) is 0 Å². The third-order valence-corrected chi connectivity index (χ3v) is 2.39. The van der Waals surface area contributed by atoms with E-state index in [4.69, 9.17) is 9.84 Å². The van der Waals surface area contributed by atoms with E-state index in [1.807, 2.05) is 36.4 Å². The minimum Gasteiger partial charge on any atom is -0.394 e. The Morgan fingerprint density at radius 3 is 2.88 bits per heavy atom. The first kappa shape index (κ1) is 11.8. The van der Waals surface area contributed by atoms with Crippen molar-refractivity contribution in [1.82, 2.24) is 4.98 Å². The Morgan fingerprint density at radius 2 is 2.00 bits per heavy atom. The molecule has 1 aromatic carbocycles. The first-order chi connectivity index (χ1) is 8.40. The highest BCUT2D eigenvalue weighted by atomic mass is 16.5. The number of aliphatic hydroxyl groups is 1. The number of fused-ring (bicyclic) bond motifs is 1. The van der Waals surface area contributed by atoms with Crippen LogP contribution in [0.5, 0.6) is 0 Å². The molecule has 0 atom stereocenters. The monoisotopic (exact) mass is 232 g/mol. The quantitative estimate of drug-likeness (QED) is 0.744. The third-order valence-electron chi connectivity index (χ3n) is 2.39. The molecule has 1 aromatic heterocycles. The Labute approximate surface area is 100 Å². The maximum atomic E-state index is 8.54. The lowest BCUT2D eigenvalue weighted by molar-refractivity contribution is 0.0992. The molecular weight excluding hydrogens is 216 g/mol. The largest absolute Gasteiger partial charge is 0.394 e. The maximum Gasteiger partial charge on any atom is 0.126 e. The van der Waals surface area contributed by atoms with Crippen molar-refractivity contribution in [2.75, 3.05) is 31.7 Å². The van der Waals surface area contributed by atoms with Gasteiger partial charge in [0, 0.05) is 11.9 Å². The molecular formula is C13H16N2O2. The van der Waals surface area contributed by atoms with E-state index >= 15 is 0 Å². The van der Waals surface area contributed by atoms with E-state index in [1.165, 1.54) is 0 Å². The molecule has 0 aliphatic rings. The zero-order valence-corrected chi connectivity index (χ0v) is 9.60. The van der Waals surface area contributed by atoms with Gasteiger partial charge in [0.25, 0.3) is 0 Å². The van der Waals surface area contributed by atoms with Crippen molar-refractivity contribution < 1.29 is 9.84 Å². The van der Waals surface area contributed by atoms with Gasteiger partial charge in [-0.15, -0.1) is 0 Å². The summed E-state index contributed by atoms with van der Waals surface area (Å²) in [5.74, 6) is 0.844. The molecule has 4 nitrogen and oxygen atoms in total. The van der Waals surface area contributed by atoms with Crippen molar-refractivity contribution in [1.29, 1.82) is 0 Å². The number of rotatable bonds is 6. The molecule has 2 rings (SSSR count). The van der Waals surface area contributed by atoms with Crippen LogP contribution in [0, 0.1) is 0 Å². The number of ether oxygens (including phenoxy) is 1. The van der Waals surface area contributed by atoms with Crippen molar-refractivity contribution in [3.05, 3.63) is 36.4 Å². The average Bonchev–Trinajstić information content (AvgIpc) is 2.38. The van der Waals surface area contributed by atoms with Crippen LogP contribution in [-0.2, 0) is 4.74 Å². The molecule has 0 bridgehead atoms. The van der Waals surface area contributed by atoms with Gasteiger partial charge in [0.2, 0.25) is 0 Å². The van der Waals surface area contributed by atoms with Crippen molar-refractivity contribution in [2.24, 2.45) is 0 Å². The molecule has 0 amide bonds. The van der Waals surface area contributed by atoms with Gasteiger partial charge in [0.05, 0.1) is 25.3 Å². The van der Waals surface area contributed by atoms with Gasteiger partial charge >= 0.3 is 0 Å². The number of hydrogen-bond donors (Lipinski definition) is 2. The van der Waals surface area contributed by atoms with Crippen molar-refractivity contribution in [3.63, 3.8) is 0 Å². The standard InChI is InChI=1S/C13H16N2O2/c16-8-10-17-9-7-14-13-6-5-11-3-1-2-4-12(11)15-13/h1-6,16H,7-10H2,(H,14,15). The summed E-state index contributed by atoms with van der Waals surface area (Å²) >= 11 is 0. The summed E-state index contributed by atoms with van der Waals surface area (Å²) < 4.78 is 5.15. The summed E-state index contributed by atoms with van der Waals surface area (Å²) in [6, 6.07) is 12.0. The van der Waals surface area contributed by atoms with Crippen LogP contribution in [0.2, 0.25) is 0 Å². The second-order valence-electron chi connectivity index (χ2n) is 3.65. The lowest BCUT2D eigenvalue weighted by Gasteiger charge is -2.06. The van der Waals surface area contributed by atoms with Crippen molar-refractivity contribution in [3.8, 4) is 0 Å². The fraction of sp³-hybridized carbons (Fsp3) is 0.308. The Kier molecular flexibility index (Phi) is 4.30. The molecule has 1 heterocycles. The summed E-state index contributed by atoms with van der Waals surface area (Å²) in [5, 5.41) is 12.9. The summed E-state index contributed by atoms with van der Waals surface area (Å²) in [4.78, 5) is 4.48. The van der Waals surface area contributed by atoms with E-state index in [-0.39, 0.29) is 6.61 Å². The number of benzene rings is 1. The number of hydrogen-bond acceptors (Lipinski definition) is 4. The Bertz CT molecular complexity index is 474. The fourth-order valence-corrected chi connectivity index (χ4v) is 1.58. The van der Waals surface area contributed by atoms with Crippen LogP contribution in [0.4, 0.5) is 5.82 Å². The van der Waals surface area contributed by atoms with E-state index in [2.05, 4.69) is 10.3 Å². The Morgan fingerprint density at radius 1 is 1.12 bits per heavy atom. The lowest BCUT2D eigenvalue weighted by atomic mass is 10.2. The zero-order chi connectivity index (χ0) is 11.9. The number of anilines is 1. The number of nitrogens with one attached hydrogen (secondary N) is 1. The third kappa shape index (κ3) is 3.41. The second-order valence-corrected chi connectivity index (χ2v) is 3.65. The van der Waals surface area contributed by atoms with E-state index in [0.29, 0.717) is 19.8 Å². The molecule has 90 valence electrons. The first-order valence-electron chi connectivity index (χ1n) is 5.68. The predicted molar refractivity (Wildman–Crippen MR) is 68.1 cm³/mol. The predicted octanol–water partition coefficient (Wildman–Crippen LogP) is 1.66. The molecule has 0 unspecified atom stereocenters. The molecule has 2 aromatic rings. The number of aliphatic hydroxyl groups excluding tert-OH is 1. The first-order valence-corrected chi connectivity index (χ1v) is 5.68. The van der Waals surface area contributed by atoms with Gasteiger partial charge in [-0.25, -0.2) is 4.98 Å². The fourth-order valence-electron chi connectivity index (χ4n) is 1.58. The summed E-state index contributed by atoms with van der Waals surface area (Å²) in [5.41, 5.74) is 0.980. The van der Waals surface area contributed by atoms with E-state index < -0.39 is 0 Å². The number of para-hydroxylation sites is 1. The number of nitrogens with zero attached hydrogens (tertiary/aromatic N) is 1. The highest BCUT2D eigenvalue weighted by molar-refractivity contribution is 5.79. The number of pyridine rings is 1. The molecule has 4 heteroatoms. The SMILES string of the molecule is OCCOCCNc1ccc2ccccc2n1. The van der Waals surface area contributed by atoms with Gasteiger partial charge < -0.3 is 15.2 Å². The average molecular weight is 232 g/mol. The molecule has 0 saturated heterocycles. The van der Waals surface area contributed by atoms with Crippen molar-refractivity contribution >= 4 is 16.7 Å².